The van der Waals surface area contributed by atoms with E-state index in [9.17, 15) is 8.42 Å². The molecule has 1 saturated heterocycles. The van der Waals surface area contributed by atoms with Gasteiger partial charge in [-0.2, -0.15) is 11.8 Å². The van der Waals surface area contributed by atoms with Gasteiger partial charge in [0.15, 0.2) is 0 Å². The van der Waals surface area contributed by atoms with Gasteiger partial charge in [0.2, 0.25) is 10.0 Å². The lowest BCUT2D eigenvalue weighted by Gasteiger charge is -2.22. The Morgan fingerprint density at radius 1 is 1.43 bits per heavy atom. The third-order valence-corrected chi connectivity index (χ3v) is 6.15. The van der Waals surface area contributed by atoms with Crippen LogP contribution in [0.1, 0.15) is 18.4 Å². The SMILES string of the molecule is CNCc1cc(S(=O)(=O)NC2CCCSC2)ccc1OC. The summed E-state index contributed by atoms with van der Waals surface area (Å²) in [5.41, 5.74) is 0.834. The molecule has 0 bridgehead atoms. The van der Waals surface area contributed by atoms with E-state index in [0.29, 0.717) is 17.2 Å². The summed E-state index contributed by atoms with van der Waals surface area (Å²) in [7, 11) is -0.0713. The Hall–Kier alpha value is -0.760. The first-order valence-corrected chi connectivity index (χ1v) is 9.62. The topological polar surface area (TPSA) is 67.4 Å². The van der Waals surface area contributed by atoms with E-state index in [4.69, 9.17) is 4.74 Å². The fourth-order valence-electron chi connectivity index (χ4n) is 2.37. The quantitative estimate of drug-likeness (QED) is 0.829. The van der Waals surface area contributed by atoms with E-state index in [1.165, 1.54) is 0 Å². The maximum atomic E-state index is 12.5. The van der Waals surface area contributed by atoms with Crippen LogP contribution in [-0.4, -0.2) is 40.1 Å². The van der Waals surface area contributed by atoms with Gasteiger partial charge in [-0.05, 0) is 43.8 Å². The van der Waals surface area contributed by atoms with E-state index in [1.807, 2.05) is 7.05 Å². The van der Waals surface area contributed by atoms with Crippen molar-refractivity contribution >= 4 is 21.8 Å². The van der Waals surface area contributed by atoms with Crippen molar-refractivity contribution in [3.05, 3.63) is 23.8 Å². The monoisotopic (exact) mass is 330 g/mol. The number of hydrogen-bond donors (Lipinski definition) is 2. The van der Waals surface area contributed by atoms with Crippen LogP contribution in [0.4, 0.5) is 0 Å². The molecule has 1 atom stereocenters. The number of ether oxygens (including phenoxy) is 1. The van der Waals surface area contributed by atoms with E-state index in [1.54, 1.807) is 37.1 Å². The molecular formula is C14H22N2O3S2. The second-order valence-corrected chi connectivity index (χ2v) is 7.90. The summed E-state index contributed by atoms with van der Waals surface area (Å²) in [5.74, 6) is 2.66. The zero-order valence-electron chi connectivity index (χ0n) is 12.4. The van der Waals surface area contributed by atoms with Gasteiger partial charge in [0.25, 0.3) is 0 Å². The highest BCUT2D eigenvalue weighted by molar-refractivity contribution is 7.99. The van der Waals surface area contributed by atoms with Gasteiger partial charge in [0, 0.05) is 23.9 Å². The van der Waals surface area contributed by atoms with Gasteiger partial charge in [0.1, 0.15) is 5.75 Å². The van der Waals surface area contributed by atoms with Crippen molar-refractivity contribution in [1.29, 1.82) is 0 Å². The van der Waals surface area contributed by atoms with Crippen LogP contribution in [0.3, 0.4) is 0 Å². The van der Waals surface area contributed by atoms with Crippen molar-refractivity contribution in [3.8, 4) is 5.75 Å². The number of nitrogens with one attached hydrogen (secondary N) is 2. The van der Waals surface area contributed by atoms with Crippen LogP contribution < -0.4 is 14.8 Å². The molecule has 0 aromatic heterocycles. The summed E-state index contributed by atoms with van der Waals surface area (Å²) in [5, 5.41) is 3.02. The zero-order chi connectivity index (χ0) is 15.3. The molecule has 118 valence electrons. The maximum absolute atomic E-state index is 12.5. The molecule has 5 nitrogen and oxygen atoms in total. The number of benzene rings is 1. The third-order valence-electron chi connectivity index (χ3n) is 3.41. The highest BCUT2D eigenvalue weighted by Crippen LogP contribution is 2.24. The average molecular weight is 330 g/mol. The fraction of sp³-hybridized carbons (Fsp3) is 0.571. The van der Waals surface area contributed by atoms with E-state index < -0.39 is 10.0 Å². The molecule has 0 saturated carbocycles. The summed E-state index contributed by atoms with van der Waals surface area (Å²) in [6.07, 6.45) is 1.97. The smallest absolute Gasteiger partial charge is 0.240 e. The van der Waals surface area contributed by atoms with Crippen molar-refractivity contribution < 1.29 is 13.2 Å². The molecule has 0 spiro atoms. The Morgan fingerprint density at radius 2 is 2.24 bits per heavy atom. The molecule has 1 unspecified atom stereocenters. The molecule has 7 heteroatoms. The number of rotatable bonds is 6. The summed E-state index contributed by atoms with van der Waals surface area (Å²) in [6, 6.07) is 5.00. The fourth-order valence-corrected chi connectivity index (χ4v) is 4.87. The van der Waals surface area contributed by atoms with Crippen LogP contribution in [0.15, 0.2) is 23.1 Å². The molecule has 0 aliphatic carbocycles. The van der Waals surface area contributed by atoms with Gasteiger partial charge in [-0.1, -0.05) is 0 Å². The Balaban J connectivity index is 2.20. The predicted molar refractivity (Wildman–Crippen MR) is 86.4 cm³/mol. The zero-order valence-corrected chi connectivity index (χ0v) is 14.0. The Bertz CT molecular complexity index is 570. The molecule has 1 aliphatic rings. The highest BCUT2D eigenvalue weighted by atomic mass is 32.2. The Labute approximate surface area is 130 Å². The molecule has 0 radical (unpaired) electrons. The van der Waals surface area contributed by atoms with Crippen molar-refractivity contribution in [1.82, 2.24) is 10.0 Å². The van der Waals surface area contributed by atoms with E-state index in [2.05, 4.69) is 10.0 Å². The maximum Gasteiger partial charge on any atom is 0.240 e. The molecule has 2 rings (SSSR count). The number of methoxy groups -OCH3 is 1. The van der Waals surface area contributed by atoms with Crippen molar-refractivity contribution in [2.45, 2.75) is 30.3 Å². The lowest BCUT2D eigenvalue weighted by molar-refractivity contribution is 0.408. The average Bonchev–Trinajstić information content (AvgIpc) is 2.48. The molecule has 1 heterocycles. The number of hydrogen-bond acceptors (Lipinski definition) is 5. The second-order valence-electron chi connectivity index (χ2n) is 5.04. The van der Waals surface area contributed by atoms with Crippen LogP contribution in [0, 0.1) is 0 Å². The van der Waals surface area contributed by atoms with Gasteiger partial charge in [-0.3, -0.25) is 0 Å². The lowest BCUT2D eigenvalue weighted by atomic mass is 10.2. The standard InChI is InChI=1S/C14H22N2O3S2/c1-15-9-11-8-13(5-6-14(11)19-2)21(17,18)16-12-4-3-7-20-10-12/h5-6,8,12,15-16H,3-4,7,9-10H2,1-2H3. The highest BCUT2D eigenvalue weighted by Gasteiger charge is 2.22. The summed E-state index contributed by atoms with van der Waals surface area (Å²) < 4.78 is 33.0. The molecule has 1 fully saturated rings. The van der Waals surface area contributed by atoms with Gasteiger partial charge in [-0.15, -0.1) is 0 Å². The largest absolute Gasteiger partial charge is 0.496 e. The van der Waals surface area contributed by atoms with Crippen LogP contribution in [-0.2, 0) is 16.6 Å². The molecule has 1 aromatic carbocycles. The molecular weight excluding hydrogens is 308 g/mol. The third kappa shape index (κ3) is 4.35. The van der Waals surface area contributed by atoms with Gasteiger partial charge < -0.3 is 10.1 Å². The van der Waals surface area contributed by atoms with E-state index in [-0.39, 0.29) is 6.04 Å². The number of thioether (sulfide) groups is 1. The molecule has 21 heavy (non-hydrogen) atoms. The van der Waals surface area contributed by atoms with Crippen molar-refractivity contribution in [2.75, 3.05) is 25.7 Å². The Kier molecular flexibility index (Phi) is 5.92. The first kappa shape index (κ1) is 16.6. The molecule has 1 aliphatic heterocycles. The van der Waals surface area contributed by atoms with Crippen LogP contribution in [0.25, 0.3) is 0 Å². The summed E-state index contributed by atoms with van der Waals surface area (Å²) in [6.45, 7) is 0.561. The molecule has 1 aromatic rings. The normalized spacial score (nSPS) is 19.4. The number of sulfonamides is 1. The first-order valence-electron chi connectivity index (χ1n) is 6.98. The lowest BCUT2D eigenvalue weighted by Crippen LogP contribution is -2.38. The Morgan fingerprint density at radius 3 is 2.86 bits per heavy atom. The van der Waals surface area contributed by atoms with Crippen LogP contribution >= 0.6 is 11.8 Å². The van der Waals surface area contributed by atoms with Crippen molar-refractivity contribution in [3.63, 3.8) is 0 Å². The summed E-state index contributed by atoms with van der Waals surface area (Å²) >= 11 is 1.80. The van der Waals surface area contributed by atoms with Crippen molar-refractivity contribution in [2.24, 2.45) is 0 Å². The predicted octanol–water partition coefficient (Wildman–Crippen LogP) is 1.59. The van der Waals surface area contributed by atoms with Crippen LogP contribution in [0.2, 0.25) is 0 Å². The second kappa shape index (κ2) is 7.49. The van der Waals surface area contributed by atoms with Gasteiger partial charge in [0.05, 0.1) is 12.0 Å². The first-order chi connectivity index (χ1) is 10.1. The summed E-state index contributed by atoms with van der Waals surface area (Å²) in [4.78, 5) is 0.295. The van der Waals surface area contributed by atoms with Crippen LogP contribution in [0.5, 0.6) is 5.75 Å². The van der Waals surface area contributed by atoms with E-state index >= 15 is 0 Å². The van der Waals surface area contributed by atoms with Gasteiger partial charge >= 0.3 is 0 Å². The minimum Gasteiger partial charge on any atom is -0.496 e. The van der Waals surface area contributed by atoms with E-state index in [0.717, 1.165) is 29.9 Å². The minimum absolute atomic E-state index is 0.0311. The minimum atomic E-state index is -3.47. The van der Waals surface area contributed by atoms with Gasteiger partial charge in [-0.25, -0.2) is 13.1 Å². The molecule has 0 amide bonds. The molecule has 2 N–H and O–H groups in total.